The Hall–Kier alpha value is -1.87. The first kappa shape index (κ1) is 23.2. The maximum atomic E-state index is 13.6. The predicted octanol–water partition coefficient (Wildman–Crippen LogP) is 2.07. The fourth-order valence-corrected chi connectivity index (χ4v) is 3.32. The largest absolute Gasteiger partial charge is 0.439 e. The monoisotopic (exact) mass is 443 g/mol. The lowest BCUT2D eigenvalue weighted by Crippen LogP contribution is -2.63. The molecule has 0 radical (unpaired) electrons. The molecule has 0 aromatic heterocycles. The van der Waals surface area contributed by atoms with Gasteiger partial charge in [-0.25, -0.2) is 4.72 Å². The van der Waals surface area contributed by atoms with Crippen molar-refractivity contribution in [2.45, 2.75) is 30.3 Å². The fourth-order valence-electron chi connectivity index (χ4n) is 1.85. The number of hydrogen-bond donors (Lipinski definition) is 2. The summed E-state index contributed by atoms with van der Waals surface area (Å²) >= 11 is 0. The highest BCUT2D eigenvalue weighted by Gasteiger charge is 2.82. The van der Waals surface area contributed by atoms with Crippen molar-refractivity contribution in [3.05, 3.63) is 34.9 Å². The van der Waals surface area contributed by atoms with Crippen molar-refractivity contribution in [2.24, 2.45) is 0 Å². The van der Waals surface area contributed by atoms with E-state index in [0.29, 0.717) is 15.8 Å². The third-order valence-electron chi connectivity index (χ3n) is 3.10. The van der Waals surface area contributed by atoms with Gasteiger partial charge >= 0.3 is 36.6 Å². The smallest absolute Gasteiger partial charge is 0.281 e. The Morgan fingerprint density at radius 1 is 0.889 bits per heavy atom. The first-order valence-corrected chi connectivity index (χ1v) is 9.45. The molecule has 0 bridgehead atoms. The van der Waals surface area contributed by atoms with E-state index < -0.39 is 48.0 Å². The quantitative estimate of drug-likeness (QED) is 0.514. The Balaban J connectivity index is 3.38. The van der Waals surface area contributed by atoms with Gasteiger partial charge in [0.25, 0.3) is 5.91 Å². The van der Waals surface area contributed by atoms with Crippen LogP contribution in [0.1, 0.15) is 21.5 Å². The molecule has 0 aliphatic rings. The Kier molecular flexibility index (Phi) is 5.69. The van der Waals surface area contributed by atoms with Crippen molar-refractivity contribution in [1.82, 2.24) is 4.72 Å². The van der Waals surface area contributed by atoms with Gasteiger partial charge in [-0.05, 0) is 26.0 Å². The lowest BCUT2D eigenvalue weighted by Gasteiger charge is -2.30. The number of sulfonamides is 1. The summed E-state index contributed by atoms with van der Waals surface area (Å²) in [5.74, 6) is -8.98. The zero-order valence-electron chi connectivity index (χ0n) is 13.3. The first-order valence-electron chi connectivity index (χ1n) is 6.53. The Labute approximate surface area is 149 Å². The summed E-state index contributed by atoms with van der Waals surface area (Å²) < 4.78 is 132. The number of hydrogen-bond acceptors (Lipinski definition) is 5. The topological polar surface area (TPSA) is 118 Å². The van der Waals surface area contributed by atoms with E-state index in [2.05, 4.69) is 0 Å². The van der Waals surface area contributed by atoms with Gasteiger partial charge in [0.15, 0.2) is 0 Å². The highest BCUT2D eigenvalue weighted by atomic mass is 32.2. The van der Waals surface area contributed by atoms with Crippen molar-refractivity contribution < 1.29 is 52.5 Å². The number of alkyl halides is 6. The van der Waals surface area contributed by atoms with E-state index in [0.717, 1.165) is 12.1 Å². The standard InChI is InChI=1S/C12H11F6NO6S2/c1-6-3-7(2)5-8(4-6)9(20)19-26(21,22)11(15,16)10(13,14)12(17,18)27(23,24)25/h3-5H,1-2H3,(H,19,20)(H,23,24,25). The average Bonchev–Trinajstić information content (AvgIpc) is 2.43. The van der Waals surface area contributed by atoms with E-state index in [9.17, 15) is 48.0 Å². The van der Waals surface area contributed by atoms with Gasteiger partial charge in [-0.1, -0.05) is 17.2 Å². The van der Waals surface area contributed by atoms with E-state index in [-0.39, 0.29) is 0 Å². The molecule has 1 aromatic carbocycles. The molecule has 15 heteroatoms. The molecule has 1 aromatic rings. The number of amides is 1. The molecule has 0 aliphatic carbocycles. The summed E-state index contributed by atoms with van der Waals surface area (Å²) in [6.07, 6.45) is 0. The maximum absolute atomic E-state index is 13.6. The Morgan fingerprint density at radius 3 is 1.67 bits per heavy atom. The lowest BCUT2D eigenvalue weighted by atomic mass is 10.1. The number of carbonyl (C=O) groups excluding carboxylic acids is 1. The summed E-state index contributed by atoms with van der Waals surface area (Å²) in [5, 5.41) is -13.7. The van der Waals surface area contributed by atoms with Crippen LogP contribution in [-0.4, -0.2) is 43.7 Å². The molecule has 0 fully saturated rings. The van der Waals surface area contributed by atoms with Crippen molar-refractivity contribution in [2.75, 3.05) is 0 Å². The molecule has 2 N–H and O–H groups in total. The predicted molar refractivity (Wildman–Crippen MR) is 78.7 cm³/mol. The Morgan fingerprint density at radius 2 is 1.30 bits per heavy atom. The second kappa shape index (κ2) is 6.63. The number of benzene rings is 1. The van der Waals surface area contributed by atoms with Crippen LogP contribution in [0.15, 0.2) is 18.2 Å². The number of nitrogens with one attached hydrogen (secondary N) is 1. The molecule has 0 heterocycles. The van der Waals surface area contributed by atoms with E-state index in [1.54, 1.807) is 0 Å². The molecule has 0 saturated carbocycles. The third kappa shape index (κ3) is 3.89. The van der Waals surface area contributed by atoms with Gasteiger partial charge in [0.2, 0.25) is 0 Å². The van der Waals surface area contributed by atoms with E-state index >= 15 is 0 Å². The molecule has 1 rings (SSSR count). The van der Waals surface area contributed by atoms with Crippen LogP contribution in [0.3, 0.4) is 0 Å². The van der Waals surface area contributed by atoms with Crippen molar-refractivity contribution in [3.63, 3.8) is 0 Å². The summed E-state index contributed by atoms with van der Waals surface area (Å²) in [4.78, 5) is 11.8. The first-order chi connectivity index (χ1) is 11.8. The molecule has 7 nitrogen and oxygen atoms in total. The summed E-state index contributed by atoms with van der Waals surface area (Å²) in [6.45, 7) is 2.85. The van der Waals surface area contributed by atoms with Crippen LogP contribution in [0.2, 0.25) is 0 Å². The molecule has 0 spiro atoms. The van der Waals surface area contributed by atoms with Gasteiger partial charge < -0.3 is 0 Å². The minimum absolute atomic E-state index is 0.354. The van der Waals surface area contributed by atoms with Crippen molar-refractivity contribution >= 4 is 26.0 Å². The van der Waals surface area contributed by atoms with Crippen molar-refractivity contribution in [3.8, 4) is 0 Å². The molecule has 1 amide bonds. The number of aryl methyl sites for hydroxylation is 2. The average molecular weight is 443 g/mol. The van der Waals surface area contributed by atoms with Crippen LogP contribution < -0.4 is 4.72 Å². The molecular formula is C12H11F6NO6S2. The molecule has 0 saturated heterocycles. The SMILES string of the molecule is Cc1cc(C)cc(C(=O)NS(=O)(=O)C(F)(F)C(F)(F)C(F)(F)S(=O)(=O)O)c1. The molecule has 154 valence electrons. The summed E-state index contributed by atoms with van der Waals surface area (Å²) in [5.41, 5.74) is 0.136. The maximum Gasteiger partial charge on any atom is 0.439 e. The molecular weight excluding hydrogens is 432 g/mol. The van der Waals surface area contributed by atoms with E-state index in [1.807, 2.05) is 0 Å². The fraction of sp³-hybridized carbons (Fsp3) is 0.417. The van der Waals surface area contributed by atoms with Crippen LogP contribution in [-0.2, 0) is 20.1 Å². The number of rotatable bonds is 6. The van der Waals surface area contributed by atoms with Crippen LogP contribution in [0, 0.1) is 13.8 Å². The minimum atomic E-state index is -7.14. The van der Waals surface area contributed by atoms with Gasteiger partial charge in [-0.3, -0.25) is 9.35 Å². The third-order valence-corrected chi connectivity index (χ3v) is 5.39. The highest BCUT2D eigenvalue weighted by molar-refractivity contribution is 7.91. The molecule has 0 unspecified atom stereocenters. The minimum Gasteiger partial charge on any atom is -0.281 e. The van der Waals surface area contributed by atoms with E-state index in [4.69, 9.17) is 4.55 Å². The molecule has 27 heavy (non-hydrogen) atoms. The molecule has 0 aliphatic heterocycles. The van der Waals surface area contributed by atoms with Gasteiger partial charge in [-0.15, -0.1) is 0 Å². The van der Waals surface area contributed by atoms with Gasteiger partial charge in [0.1, 0.15) is 0 Å². The normalized spacial score (nSPS) is 14.1. The number of halogens is 6. The van der Waals surface area contributed by atoms with Crippen LogP contribution in [0.25, 0.3) is 0 Å². The molecule has 0 atom stereocenters. The lowest BCUT2D eigenvalue weighted by molar-refractivity contribution is -0.245. The van der Waals surface area contributed by atoms with Crippen LogP contribution in [0.5, 0.6) is 0 Å². The van der Waals surface area contributed by atoms with Crippen LogP contribution in [0.4, 0.5) is 26.3 Å². The second-order valence-corrected chi connectivity index (χ2v) is 8.58. The van der Waals surface area contributed by atoms with Crippen LogP contribution >= 0.6 is 0 Å². The van der Waals surface area contributed by atoms with Gasteiger partial charge in [0, 0.05) is 5.56 Å². The second-order valence-electron chi connectivity index (χ2n) is 5.39. The number of carbonyl (C=O) groups is 1. The summed E-state index contributed by atoms with van der Waals surface area (Å²) in [7, 11) is -14.0. The highest BCUT2D eigenvalue weighted by Crippen LogP contribution is 2.50. The van der Waals surface area contributed by atoms with Gasteiger partial charge in [0.05, 0.1) is 0 Å². The zero-order chi connectivity index (χ0) is 21.6. The van der Waals surface area contributed by atoms with Gasteiger partial charge in [-0.2, -0.15) is 43.2 Å². The Bertz CT molecular complexity index is 954. The summed E-state index contributed by atoms with van der Waals surface area (Å²) in [6, 6.07) is 3.46. The van der Waals surface area contributed by atoms with Crippen molar-refractivity contribution in [1.29, 1.82) is 0 Å². The zero-order valence-corrected chi connectivity index (χ0v) is 14.9. The van der Waals surface area contributed by atoms with E-state index in [1.165, 1.54) is 19.9 Å².